The number of aryl methyl sites for hydroxylation is 1. The number of ether oxygens (including phenoxy) is 1. The minimum Gasteiger partial charge on any atom is -0.459 e. The lowest BCUT2D eigenvalue weighted by atomic mass is 9.72. The summed E-state index contributed by atoms with van der Waals surface area (Å²) in [4.78, 5) is 20.4. The van der Waals surface area contributed by atoms with E-state index in [1.54, 1.807) is 0 Å². The van der Waals surface area contributed by atoms with Gasteiger partial charge in [0, 0.05) is 47.7 Å². The summed E-state index contributed by atoms with van der Waals surface area (Å²) in [5, 5.41) is 18.5. The van der Waals surface area contributed by atoms with Crippen LogP contribution in [0.25, 0.3) is 11.5 Å². The molecule has 4 aliphatic rings. The fourth-order valence-electron chi connectivity index (χ4n) is 7.36. The molecule has 7 rings (SSSR count). The molecule has 0 spiro atoms. The van der Waals surface area contributed by atoms with Gasteiger partial charge in [0.25, 0.3) is 0 Å². The van der Waals surface area contributed by atoms with Crippen molar-refractivity contribution in [1.29, 1.82) is 5.26 Å². The zero-order valence-corrected chi connectivity index (χ0v) is 24.7. The summed E-state index contributed by atoms with van der Waals surface area (Å²) in [6, 6.07) is 5.87. The van der Waals surface area contributed by atoms with E-state index in [-0.39, 0.29) is 6.10 Å². The van der Waals surface area contributed by atoms with Crippen LogP contribution in [0.15, 0.2) is 10.6 Å². The second-order valence-electron chi connectivity index (χ2n) is 12.3. The summed E-state index contributed by atoms with van der Waals surface area (Å²) in [6.07, 6.45) is 7.22. The van der Waals surface area contributed by atoms with Crippen molar-refractivity contribution in [3.8, 4) is 23.6 Å². The molecule has 0 saturated carbocycles. The topological polar surface area (TPSA) is 142 Å². The highest BCUT2D eigenvalue weighted by Gasteiger charge is 2.43. The van der Waals surface area contributed by atoms with E-state index >= 15 is 0 Å². The molecule has 6 heterocycles. The molecule has 1 unspecified atom stereocenters. The Hall–Kier alpha value is -3.27. The predicted octanol–water partition coefficient (Wildman–Crippen LogP) is 3.49. The molecule has 0 amide bonds. The van der Waals surface area contributed by atoms with Gasteiger partial charge in [0.2, 0.25) is 11.7 Å². The fraction of sp³-hybridized carbons (Fsp3) is 0.621. The van der Waals surface area contributed by atoms with Gasteiger partial charge in [-0.15, -0.1) is 11.3 Å². The molecule has 2 bridgehead atoms. The Morgan fingerprint density at radius 3 is 2.76 bits per heavy atom. The standard InChI is InChI=1S/C29H37N9O2S/c1-16(21-6-5-11-37(21)3)39-28-33-20(12-23(34-28)38-14-17-8-9-18(15-38)32-17)26-35-27(40-36-26)29(2)10-4-7-22-24(29)19(13-30)25(31)41-22/h12,16-18,21,32H,4-11,14-15,31H2,1-3H3/t16-,17-,18+,21-,29?/m0/s1. The van der Waals surface area contributed by atoms with Gasteiger partial charge in [0.05, 0.1) is 11.0 Å². The highest BCUT2D eigenvalue weighted by atomic mass is 32.1. The summed E-state index contributed by atoms with van der Waals surface area (Å²) >= 11 is 1.50. The van der Waals surface area contributed by atoms with Gasteiger partial charge >= 0.3 is 6.01 Å². The lowest BCUT2D eigenvalue weighted by Gasteiger charge is -2.34. The Morgan fingerprint density at radius 1 is 1.22 bits per heavy atom. The van der Waals surface area contributed by atoms with Gasteiger partial charge < -0.3 is 25.2 Å². The number of nitrogen functional groups attached to an aromatic ring is 1. The number of aromatic nitrogens is 4. The van der Waals surface area contributed by atoms with Gasteiger partial charge in [-0.05, 0) is 72.4 Å². The number of likely N-dealkylation sites (N-methyl/N-ethyl adjacent to an activating group) is 1. The third-order valence-electron chi connectivity index (χ3n) is 9.52. The molecule has 1 aliphatic carbocycles. The van der Waals surface area contributed by atoms with E-state index in [0.717, 1.165) is 61.6 Å². The number of likely N-dealkylation sites (tertiary alicyclic amines) is 1. The smallest absolute Gasteiger partial charge is 0.319 e. The first-order chi connectivity index (χ1) is 19.8. The number of anilines is 2. The van der Waals surface area contributed by atoms with Crippen LogP contribution in [-0.4, -0.2) is 75.9 Å². The van der Waals surface area contributed by atoms with Crippen LogP contribution in [-0.2, 0) is 11.8 Å². The molecule has 12 heteroatoms. The van der Waals surface area contributed by atoms with Crippen LogP contribution in [0.1, 0.15) is 74.3 Å². The van der Waals surface area contributed by atoms with Crippen LogP contribution in [0.3, 0.4) is 0 Å². The number of thiophene rings is 1. The van der Waals surface area contributed by atoms with Crippen LogP contribution < -0.4 is 20.7 Å². The largest absolute Gasteiger partial charge is 0.459 e. The van der Waals surface area contributed by atoms with E-state index in [9.17, 15) is 5.26 Å². The van der Waals surface area contributed by atoms with Crippen molar-refractivity contribution in [3.63, 3.8) is 0 Å². The van der Waals surface area contributed by atoms with Crippen molar-refractivity contribution in [1.82, 2.24) is 30.3 Å². The monoisotopic (exact) mass is 575 g/mol. The molecule has 3 N–H and O–H groups in total. The van der Waals surface area contributed by atoms with E-state index in [2.05, 4.69) is 47.2 Å². The van der Waals surface area contributed by atoms with Crippen molar-refractivity contribution < 1.29 is 9.26 Å². The number of nitrogens with zero attached hydrogens (tertiary/aromatic N) is 7. The molecule has 3 aromatic rings. The highest BCUT2D eigenvalue weighted by Crippen LogP contribution is 2.48. The SMILES string of the molecule is C[C@H](Oc1nc(-c2noc(C3(C)CCCc4sc(N)c(C#N)c43)n2)cc(N2C[C@H]3CC[C@@H](C2)N3)n1)[C@@H]1CCCN1C. The number of nitrogens with one attached hydrogen (secondary N) is 1. The van der Waals surface area contributed by atoms with Crippen LogP contribution in [0.2, 0.25) is 0 Å². The van der Waals surface area contributed by atoms with Gasteiger partial charge in [0.1, 0.15) is 28.7 Å². The molecule has 216 valence electrons. The summed E-state index contributed by atoms with van der Waals surface area (Å²) in [5.41, 5.74) is 7.68. The van der Waals surface area contributed by atoms with Gasteiger partial charge in [-0.25, -0.2) is 0 Å². The number of fused-ring (bicyclic) bond motifs is 3. The van der Waals surface area contributed by atoms with Crippen molar-refractivity contribution in [2.75, 3.05) is 37.3 Å². The highest BCUT2D eigenvalue weighted by molar-refractivity contribution is 7.16. The number of rotatable bonds is 6. The lowest BCUT2D eigenvalue weighted by molar-refractivity contribution is 0.112. The number of hydrogen-bond donors (Lipinski definition) is 2. The molecule has 0 radical (unpaired) electrons. The molecule has 3 aliphatic heterocycles. The first kappa shape index (κ1) is 26.6. The normalized spacial score (nSPS) is 28.4. The van der Waals surface area contributed by atoms with E-state index in [1.807, 2.05) is 6.07 Å². The number of nitrogens with two attached hydrogens (primary N) is 1. The fourth-order valence-corrected chi connectivity index (χ4v) is 8.55. The molecular formula is C29H37N9O2S. The third-order valence-corrected chi connectivity index (χ3v) is 10.6. The van der Waals surface area contributed by atoms with E-state index in [1.165, 1.54) is 30.6 Å². The molecule has 3 aromatic heterocycles. The molecule has 3 fully saturated rings. The molecule has 0 aromatic carbocycles. The van der Waals surface area contributed by atoms with E-state index in [0.29, 0.717) is 52.1 Å². The van der Waals surface area contributed by atoms with Gasteiger partial charge in [-0.3, -0.25) is 4.90 Å². The third kappa shape index (κ3) is 4.64. The number of piperazine rings is 1. The summed E-state index contributed by atoms with van der Waals surface area (Å²) < 4.78 is 12.3. The van der Waals surface area contributed by atoms with Crippen LogP contribution >= 0.6 is 11.3 Å². The van der Waals surface area contributed by atoms with Crippen LogP contribution in [0.5, 0.6) is 6.01 Å². The molecule has 5 atom stereocenters. The minimum absolute atomic E-state index is 0.0568. The molecule has 3 saturated heterocycles. The molecular weight excluding hydrogens is 538 g/mol. The Balaban J connectivity index is 1.25. The lowest BCUT2D eigenvalue weighted by Crippen LogP contribution is -2.51. The van der Waals surface area contributed by atoms with Gasteiger partial charge in [-0.2, -0.15) is 20.2 Å². The zero-order valence-electron chi connectivity index (χ0n) is 23.9. The Morgan fingerprint density at radius 2 is 2.02 bits per heavy atom. The maximum atomic E-state index is 9.89. The van der Waals surface area contributed by atoms with E-state index < -0.39 is 5.41 Å². The molecule has 41 heavy (non-hydrogen) atoms. The maximum absolute atomic E-state index is 9.89. The second-order valence-corrected chi connectivity index (χ2v) is 13.4. The molecule has 11 nitrogen and oxygen atoms in total. The van der Waals surface area contributed by atoms with Gasteiger partial charge in [-0.1, -0.05) is 5.16 Å². The summed E-state index contributed by atoms with van der Waals surface area (Å²) in [7, 11) is 2.15. The zero-order chi connectivity index (χ0) is 28.3. The van der Waals surface area contributed by atoms with Crippen molar-refractivity contribution in [2.45, 2.75) is 88.4 Å². The van der Waals surface area contributed by atoms with Crippen LogP contribution in [0.4, 0.5) is 10.8 Å². The van der Waals surface area contributed by atoms with Gasteiger partial charge in [0.15, 0.2) is 0 Å². The average Bonchev–Trinajstić information content (AvgIpc) is 3.75. The first-order valence-corrected chi connectivity index (χ1v) is 15.6. The quantitative estimate of drug-likeness (QED) is 0.446. The summed E-state index contributed by atoms with van der Waals surface area (Å²) in [6.45, 7) is 7.03. The minimum atomic E-state index is -0.591. The van der Waals surface area contributed by atoms with Crippen molar-refractivity contribution in [2.24, 2.45) is 0 Å². The maximum Gasteiger partial charge on any atom is 0.319 e. The Bertz CT molecular complexity index is 1490. The Labute approximate surface area is 244 Å². The van der Waals surface area contributed by atoms with Crippen LogP contribution in [0, 0.1) is 11.3 Å². The first-order valence-electron chi connectivity index (χ1n) is 14.8. The second kappa shape index (κ2) is 10.2. The average molecular weight is 576 g/mol. The number of nitriles is 1. The summed E-state index contributed by atoms with van der Waals surface area (Å²) in [5.74, 6) is 1.70. The number of hydrogen-bond acceptors (Lipinski definition) is 12. The van der Waals surface area contributed by atoms with Crippen molar-refractivity contribution in [3.05, 3.63) is 28.0 Å². The predicted molar refractivity (Wildman–Crippen MR) is 156 cm³/mol. The van der Waals surface area contributed by atoms with Crippen molar-refractivity contribution >= 4 is 22.2 Å². The Kier molecular flexibility index (Phi) is 6.64. The van der Waals surface area contributed by atoms with E-state index in [4.69, 9.17) is 29.9 Å².